The average Bonchev–Trinajstić information content (AvgIpc) is 2.77. The van der Waals surface area contributed by atoms with Gasteiger partial charge in [0.25, 0.3) is 0 Å². The third-order valence-electron chi connectivity index (χ3n) is 2.45. The van der Waals surface area contributed by atoms with Gasteiger partial charge < -0.3 is 5.32 Å². The van der Waals surface area contributed by atoms with Crippen LogP contribution in [0.25, 0.3) is 0 Å². The number of alkyl halides is 3. The number of aromatic nitrogens is 5. The van der Waals surface area contributed by atoms with Crippen LogP contribution in [0.4, 0.5) is 19.1 Å². The van der Waals surface area contributed by atoms with E-state index in [2.05, 4.69) is 25.5 Å². The lowest BCUT2D eigenvalue weighted by atomic mass is 10.4. The van der Waals surface area contributed by atoms with Crippen molar-refractivity contribution in [2.45, 2.75) is 29.8 Å². The van der Waals surface area contributed by atoms with Gasteiger partial charge in [-0.2, -0.15) is 13.2 Å². The largest absolute Gasteiger partial charge is 0.433 e. The van der Waals surface area contributed by atoms with E-state index in [4.69, 9.17) is 0 Å². The van der Waals surface area contributed by atoms with E-state index in [9.17, 15) is 18.0 Å². The SMILES string of the molecule is CCn1c(Sc2cc(C(F)(F)F)nc(NC)n2)n[nH]c1=O. The number of H-pyrrole nitrogens is 1. The first-order valence-corrected chi connectivity index (χ1v) is 6.64. The Hall–Kier alpha value is -2.04. The van der Waals surface area contributed by atoms with Gasteiger partial charge in [0.15, 0.2) is 10.9 Å². The Morgan fingerprint density at radius 2 is 2.14 bits per heavy atom. The molecule has 0 unspecified atom stereocenters. The summed E-state index contributed by atoms with van der Waals surface area (Å²) in [6, 6.07) is 0.810. The molecule has 0 bridgehead atoms. The van der Waals surface area contributed by atoms with Gasteiger partial charge >= 0.3 is 11.9 Å². The van der Waals surface area contributed by atoms with E-state index >= 15 is 0 Å². The predicted octanol–water partition coefficient (Wildman–Crippen LogP) is 1.59. The summed E-state index contributed by atoms with van der Waals surface area (Å²) in [6.45, 7) is 2.06. The Balaban J connectivity index is 2.42. The summed E-state index contributed by atoms with van der Waals surface area (Å²) in [5, 5.41) is 8.73. The van der Waals surface area contributed by atoms with Gasteiger partial charge in [-0.05, 0) is 18.7 Å². The van der Waals surface area contributed by atoms with Gasteiger partial charge in [-0.1, -0.05) is 0 Å². The van der Waals surface area contributed by atoms with Gasteiger partial charge in [0.1, 0.15) is 5.03 Å². The first kappa shape index (κ1) is 15.4. The van der Waals surface area contributed by atoms with Crippen molar-refractivity contribution in [2.24, 2.45) is 0 Å². The van der Waals surface area contributed by atoms with Crippen LogP contribution < -0.4 is 11.0 Å². The number of rotatable bonds is 4. The average molecular weight is 320 g/mol. The molecule has 0 radical (unpaired) electrons. The van der Waals surface area contributed by atoms with Crippen LogP contribution >= 0.6 is 11.8 Å². The molecule has 2 heterocycles. The molecular weight excluding hydrogens is 309 g/mol. The second-order valence-corrected chi connectivity index (χ2v) is 4.81. The van der Waals surface area contributed by atoms with Gasteiger partial charge in [0, 0.05) is 19.7 Å². The van der Waals surface area contributed by atoms with E-state index in [1.807, 2.05) is 0 Å². The zero-order valence-corrected chi connectivity index (χ0v) is 11.8. The van der Waals surface area contributed by atoms with Gasteiger partial charge in [-0.15, -0.1) is 5.10 Å². The molecule has 21 heavy (non-hydrogen) atoms. The highest BCUT2D eigenvalue weighted by atomic mass is 32.2. The lowest BCUT2D eigenvalue weighted by Crippen LogP contribution is -2.16. The second kappa shape index (κ2) is 5.76. The van der Waals surface area contributed by atoms with Crippen LogP contribution in [0.5, 0.6) is 0 Å². The summed E-state index contributed by atoms with van der Waals surface area (Å²) in [5.41, 5.74) is -1.50. The molecule has 0 saturated carbocycles. The van der Waals surface area contributed by atoms with Crippen LogP contribution in [0.1, 0.15) is 12.6 Å². The van der Waals surface area contributed by atoms with Crippen molar-refractivity contribution in [3.8, 4) is 0 Å². The number of halogens is 3. The van der Waals surface area contributed by atoms with Crippen molar-refractivity contribution in [3.63, 3.8) is 0 Å². The summed E-state index contributed by atoms with van der Waals surface area (Å²) >= 11 is 0.849. The number of hydrogen-bond donors (Lipinski definition) is 2. The normalized spacial score (nSPS) is 11.7. The van der Waals surface area contributed by atoms with E-state index < -0.39 is 17.6 Å². The first-order chi connectivity index (χ1) is 9.85. The minimum Gasteiger partial charge on any atom is -0.357 e. The molecule has 0 saturated heterocycles. The minimum absolute atomic E-state index is 0.0374. The molecular formula is C10H11F3N6OS. The van der Waals surface area contributed by atoms with Crippen LogP contribution in [0.2, 0.25) is 0 Å². The number of nitrogens with one attached hydrogen (secondary N) is 2. The van der Waals surface area contributed by atoms with Crippen molar-refractivity contribution in [3.05, 3.63) is 22.2 Å². The van der Waals surface area contributed by atoms with Crippen LogP contribution in [0.3, 0.4) is 0 Å². The molecule has 0 aliphatic rings. The van der Waals surface area contributed by atoms with Crippen LogP contribution in [-0.4, -0.2) is 31.8 Å². The molecule has 0 aliphatic carbocycles. The standard InChI is InChI=1S/C10H11F3N6OS/c1-3-19-8(20)17-18-9(19)21-6-4-5(10(11,12)13)15-7(14-2)16-6/h4H,3H2,1-2H3,(H,17,20)(H,14,15,16). The smallest absolute Gasteiger partial charge is 0.357 e. The molecule has 0 spiro atoms. The van der Waals surface area contributed by atoms with Gasteiger partial charge in [0.2, 0.25) is 5.95 Å². The number of hydrogen-bond acceptors (Lipinski definition) is 6. The molecule has 2 N–H and O–H groups in total. The van der Waals surface area contributed by atoms with Crippen molar-refractivity contribution < 1.29 is 13.2 Å². The molecule has 2 aromatic rings. The fourth-order valence-electron chi connectivity index (χ4n) is 1.49. The zero-order valence-electron chi connectivity index (χ0n) is 11.0. The van der Waals surface area contributed by atoms with E-state index in [1.165, 1.54) is 11.6 Å². The fraction of sp³-hybridized carbons (Fsp3) is 0.400. The van der Waals surface area contributed by atoms with E-state index in [-0.39, 0.29) is 16.1 Å². The van der Waals surface area contributed by atoms with E-state index in [1.54, 1.807) is 6.92 Å². The van der Waals surface area contributed by atoms with Gasteiger partial charge in [-0.3, -0.25) is 4.57 Å². The Bertz CT molecular complexity index is 695. The van der Waals surface area contributed by atoms with Crippen molar-refractivity contribution in [1.82, 2.24) is 24.7 Å². The summed E-state index contributed by atoms with van der Waals surface area (Å²) in [4.78, 5) is 18.7. The molecule has 2 rings (SSSR count). The third kappa shape index (κ3) is 3.35. The lowest BCUT2D eigenvalue weighted by Gasteiger charge is -2.09. The van der Waals surface area contributed by atoms with Crippen molar-refractivity contribution in [1.29, 1.82) is 0 Å². The number of aromatic amines is 1. The third-order valence-corrected chi connectivity index (χ3v) is 3.36. The Morgan fingerprint density at radius 1 is 1.43 bits per heavy atom. The molecule has 0 amide bonds. The minimum atomic E-state index is -4.58. The molecule has 0 aromatic carbocycles. The van der Waals surface area contributed by atoms with E-state index in [0.717, 1.165) is 17.8 Å². The molecule has 11 heteroatoms. The maximum absolute atomic E-state index is 12.8. The molecule has 114 valence electrons. The Labute approximate surface area is 121 Å². The van der Waals surface area contributed by atoms with E-state index in [0.29, 0.717) is 6.54 Å². The molecule has 0 atom stereocenters. The lowest BCUT2D eigenvalue weighted by molar-refractivity contribution is -0.141. The fourth-order valence-corrected chi connectivity index (χ4v) is 2.39. The number of anilines is 1. The maximum Gasteiger partial charge on any atom is 0.433 e. The molecule has 2 aromatic heterocycles. The summed E-state index contributed by atoms with van der Waals surface area (Å²) in [7, 11) is 1.42. The van der Waals surface area contributed by atoms with Crippen LogP contribution in [0.15, 0.2) is 21.0 Å². The Morgan fingerprint density at radius 3 is 2.71 bits per heavy atom. The summed E-state index contributed by atoms with van der Waals surface area (Å²) in [5.74, 6) is -0.159. The zero-order chi connectivity index (χ0) is 15.6. The highest BCUT2D eigenvalue weighted by Gasteiger charge is 2.33. The predicted molar refractivity (Wildman–Crippen MR) is 69.2 cm³/mol. The summed E-state index contributed by atoms with van der Waals surface area (Å²) in [6.07, 6.45) is -4.58. The highest BCUT2D eigenvalue weighted by Crippen LogP contribution is 2.32. The first-order valence-electron chi connectivity index (χ1n) is 5.82. The van der Waals surface area contributed by atoms with Crippen molar-refractivity contribution in [2.75, 3.05) is 12.4 Å². The van der Waals surface area contributed by atoms with Crippen LogP contribution in [-0.2, 0) is 12.7 Å². The quantitative estimate of drug-likeness (QED) is 0.832. The van der Waals surface area contributed by atoms with Crippen molar-refractivity contribution >= 4 is 17.7 Å². The monoisotopic (exact) mass is 320 g/mol. The van der Waals surface area contributed by atoms with Gasteiger partial charge in [-0.25, -0.2) is 19.9 Å². The maximum atomic E-state index is 12.8. The molecule has 0 fully saturated rings. The summed E-state index contributed by atoms with van der Waals surface area (Å²) < 4.78 is 39.6. The van der Waals surface area contributed by atoms with Gasteiger partial charge in [0.05, 0.1) is 0 Å². The Kier molecular flexibility index (Phi) is 4.21. The number of nitrogens with zero attached hydrogens (tertiary/aromatic N) is 4. The topological polar surface area (TPSA) is 88.5 Å². The molecule has 7 nitrogen and oxygen atoms in total. The molecule has 0 aliphatic heterocycles. The highest BCUT2D eigenvalue weighted by molar-refractivity contribution is 7.99. The second-order valence-electron chi connectivity index (χ2n) is 3.82. The van der Waals surface area contributed by atoms with Crippen LogP contribution in [0, 0.1) is 0 Å².